The van der Waals surface area contributed by atoms with Gasteiger partial charge in [-0.15, -0.1) is 0 Å². The normalized spacial score (nSPS) is 15.2. The van der Waals surface area contributed by atoms with Crippen molar-refractivity contribution < 1.29 is 17.9 Å². The number of alkyl halides is 3. The summed E-state index contributed by atoms with van der Waals surface area (Å²) in [5, 5.41) is 3.67. The van der Waals surface area contributed by atoms with E-state index >= 15 is 0 Å². The van der Waals surface area contributed by atoms with Gasteiger partial charge in [-0.25, -0.2) is 0 Å². The van der Waals surface area contributed by atoms with Gasteiger partial charge in [-0.1, -0.05) is 0 Å². The molecule has 0 saturated heterocycles. The maximum Gasteiger partial charge on any atom is 0.419 e. The molecule has 0 unspecified atom stereocenters. The van der Waals surface area contributed by atoms with Crippen LogP contribution in [0.2, 0.25) is 0 Å². The molecule has 0 amide bonds. The van der Waals surface area contributed by atoms with E-state index < -0.39 is 11.7 Å². The second kappa shape index (κ2) is 5.67. The Morgan fingerprint density at radius 3 is 1.89 bits per heavy atom. The lowest BCUT2D eigenvalue weighted by Crippen LogP contribution is -2.08. The quantitative estimate of drug-likeness (QED) is 0.721. The van der Waals surface area contributed by atoms with Gasteiger partial charge in [-0.3, -0.25) is 4.68 Å². The maximum absolute atomic E-state index is 12.3. The second-order valence-corrected chi connectivity index (χ2v) is 4.60. The third-order valence-electron chi connectivity index (χ3n) is 3.19. The summed E-state index contributed by atoms with van der Waals surface area (Å²) in [4.78, 5) is 0. The average molecular weight is 276 g/mol. The molecule has 19 heavy (non-hydrogen) atoms. The minimum absolute atomic E-state index is 0.0301. The Balaban J connectivity index is 0.000000218. The van der Waals surface area contributed by atoms with Crippen LogP contribution in [0.15, 0.2) is 11.3 Å². The zero-order valence-corrected chi connectivity index (χ0v) is 11.9. The van der Waals surface area contributed by atoms with Crippen molar-refractivity contribution in [2.45, 2.75) is 40.3 Å². The number of aryl methyl sites for hydroxylation is 2. The highest BCUT2D eigenvalue weighted by molar-refractivity contribution is 5.27. The molecule has 0 saturated carbocycles. The van der Waals surface area contributed by atoms with Crippen LogP contribution in [0.1, 0.15) is 37.2 Å². The summed E-state index contributed by atoms with van der Waals surface area (Å²) < 4.78 is 43.2. The third-order valence-corrected chi connectivity index (χ3v) is 3.19. The molecule has 0 aliphatic carbocycles. The number of halogens is 3. The topological polar surface area (TPSA) is 27.1 Å². The van der Waals surface area contributed by atoms with Gasteiger partial charge >= 0.3 is 6.18 Å². The Morgan fingerprint density at radius 1 is 1.16 bits per heavy atom. The summed E-state index contributed by atoms with van der Waals surface area (Å²) in [5.74, 6) is 1.12. The number of hydrogen-bond donors (Lipinski definition) is 0. The van der Waals surface area contributed by atoms with E-state index in [4.69, 9.17) is 4.74 Å². The highest BCUT2D eigenvalue weighted by Crippen LogP contribution is 2.33. The van der Waals surface area contributed by atoms with Crippen molar-refractivity contribution in [2.24, 2.45) is 7.05 Å². The first-order chi connectivity index (χ1) is 8.64. The molecule has 0 radical (unpaired) electrons. The molecule has 2 heterocycles. The molecular weight excluding hydrogens is 257 g/mol. The highest BCUT2D eigenvalue weighted by atomic mass is 19.4. The molecule has 0 spiro atoms. The van der Waals surface area contributed by atoms with E-state index in [0.717, 1.165) is 18.8 Å². The van der Waals surface area contributed by atoms with E-state index in [2.05, 4.69) is 12.0 Å². The molecule has 2 rings (SSSR count). The Bertz CT molecular complexity index is 475. The van der Waals surface area contributed by atoms with Crippen molar-refractivity contribution in [1.29, 1.82) is 0 Å². The molecule has 3 nitrogen and oxygen atoms in total. The van der Waals surface area contributed by atoms with E-state index in [-0.39, 0.29) is 11.4 Å². The summed E-state index contributed by atoms with van der Waals surface area (Å²) in [6, 6.07) is 0. The van der Waals surface area contributed by atoms with Gasteiger partial charge in [0.25, 0.3) is 0 Å². The standard InChI is InChI=1S/C7H9F3N2.C6H10O/c1-4-6(7(8,9)10)5(2)12(3)11-4;1-5-3-4-7-6(5)2/h1-3H3;3-4H2,1-2H3. The summed E-state index contributed by atoms with van der Waals surface area (Å²) in [6.45, 7) is 7.79. The molecule has 0 atom stereocenters. The fourth-order valence-corrected chi connectivity index (χ4v) is 1.84. The van der Waals surface area contributed by atoms with E-state index in [1.165, 1.54) is 31.2 Å². The summed E-state index contributed by atoms with van der Waals surface area (Å²) in [6.07, 6.45) is -3.16. The van der Waals surface area contributed by atoms with Gasteiger partial charge in [0.15, 0.2) is 0 Å². The predicted octanol–water partition coefficient (Wildman–Crippen LogP) is 3.76. The molecule has 0 bridgehead atoms. The summed E-state index contributed by atoms with van der Waals surface area (Å²) >= 11 is 0. The first-order valence-electron chi connectivity index (χ1n) is 6.01. The van der Waals surface area contributed by atoms with Crippen molar-refractivity contribution in [3.63, 3.8) is 0 Å². The van der Waals surface area contributed by atoms with Crippen LogP contribution in [0.3, 0.4) is 0 Å². The molecular formula is C13H19F3N2O. The van der Waals surface area contributed by atoms with Crippen molar-refractivity contribution in [3.05, 3.63) is 28.3 Å². The number of ether oxygens (including phenoxy) is 1. The Morgan fingerprint density at radius 2 is 1.74 bits per heavy atom. The van der Waals surface area contributed by atoms with Crippen LogP contribution in [-0.2, 0) is 18.0 Å². The van der Waals surface area contributed by atoms with E-state index in [9.17, 15) is 13.2 Å². The van der Waals surface area contributed by atoms with Crippen LogP contribution in [-0.4, -0.2) is 16.4 Å². The number of nitrogens with zero attached hydrogens (tertiary/aromatic N) is 2. The molecule has 0 fully saturated rings. The van der Waals surface area contributed by atoms with E-state index in [1.807, 2.05) is 6.92 Å². The Kier molecular flexibility index (Phi) is 4.66. The molecule has 1 aromatic heterocycles. The van der Waals surface area contributed by atoms with Crippen molar-refractivity contribution in [2.75, 3.05) is 6.61 Å². The molecule has 108 valence electrons. The number of hydrogen-bond acceptors (Lipinski definition) is 2. The average Bonchev–Trinajstić information content (AvgIpc) is 2.72. The first-order valence-corrected chi connectivity index (χ1v) is 6.01. The Hall–Kier alpha value is -1.46. The largest absolute Gasteiger partial charge is 0.498 e. The zero-order valence-electron chi connectivity index (χ0n) is 11.9. The molecule has 0 N–H and O–H groups in total. The minimum Gasteiger partial charge on any atom is -0.498 e. The first kappa shape index (κ1) is 15.6. The number of rotatable bonds is 0. The van der Waals surface area contributed by atoms with Crippen LogP contribution >= 0.6 is 0 Å². The van der Waals surface area contributed by atoms with Gasteiger partial charge in [0.05, 0.1) is 23.6 Å². The van der Waals surface area contributed by atoms with Crippen molar-refractivity contribution >= 4 is 0 Å². The molecule has 0 aromatic carbocycles. The van der Waals surface area contributed by atoms with E-state index in [0.29, 0.717) is 0 Å². The van der Waals surface area contributed by atoms with Gasteiger partial charge in [0.1, 0.15) is 0 Å². The van der Waals surface area contributed by atoms with Gasteiger partial charge in [0.2, 0.25) is 0 Å². The smallest absolute Gasteiger partial charge is 0.419 e. The monoisotopic (exact) mass is 276 g/mol. The third kappa shape index (κ3) is 3.75. The molecule has 1 aromatic rings. The van der Waals surface area contributed by atoms with Gasteiger partial charge in [-0.2, -0.15) is 18.3 Å². The fraction of sp³-hybridized carbons (Fsp3) is 0.615. The van der Waals surface area contributed by atoms with Gasteiger partial charge in [-0.05, 0) is 33.3 Å². The lowest BCUT2D eigenvalue weighted by atomic mass is 10.2. The van der Waals surface area contributed by atoms with Gasteiger partial charge < -0.3 is 4.74 Å². The van der Waals surface area contributed by atoms with Crippen LogP contribution in [0.25, 0.3) is 0 Å². The van der Waals surface area contributed by atoms with Crippen molar-refractivity contribution in [1.82, 2.24) is 9.78 Å². The highest BCUT2D eigenvalue weighted by Gasteiger charge is 2.36. The van der Waals surface area contributed by atoms with Crippen LogP contribution < -0.4 is 0 Å². The van der Waals surface area contributed by atoms with E-state index in [1.54, 1.807) is 0 Å². The van der Waals surface area contributed by atoms with Crippen LogP contribution in [0.5, 0.6) is 0 Å². The number of allylic oxidation sites excluding steroid dienone is 1. The van der Waals surface area contributed by atoms with Crippen molar-refractivity contribution in [3.8, 4) is 0 Å². The maximum atomic E-state index is 12.3. The number of aromatic nitrogens is 2. The summed E-state index contributed by atoms with van der Waals surface area (Å²) in [5.41, 5.74) is 0.965. The zero-order chi connectivity index (χ0) is 14.8. The molecule has 1 aliphatic rings. The molecule has 1 aliphatic heterocycles. The summed E-state index contributed by atoms with van der Waals surface area (Å²) in [7, 11) is 1.50. The lowest BCUT2D eigenvalue weighted by Gasteiger charge is -2.05. The van der Waals surface area contributed by atoms with Gasteiger partial charge in [0, 0.05) is 19.2 Å². The second-order valence-electron chi connectivity index (χ2n) is 4.60. The lowest BCUT2D eigenvalue weighted by molar-refractivity contribution is -0.138. The fourth-order valence-electron chi connectivity index (χ4n) is 1.84. The van der Waals surface area contributed by atoms with Crippen LogP contribution in [0.4, 0.5) is 13.2 Å². The predicted molar refractivity (Wildman–Crippen MR) is 66.6 cm³/mol. The minimum atomic E-state index is -4.29. The van der Waals surface area contributed by atoms with Crippen LogP contribution in [0, 0.1) is 13.8 Å². The SMILES string of the molecule is CC1=C(C)OCC1.Cc1nn(C)c(C)c1C(F)(F)F. The Labute approximate surface area is 111 Å². The molecule has 6 heteroatoms.